The van der Waals surface area contributed by atoms with E-state index in [0.717, 1.165) is 11.1 Å². The third-order valence-corrected chi connectivity index (χ3v) is 5.69. The number of nitro benzene ring substituents is 1. The average Bonchev–Trinajstić information content (AvgIpc) is 3.38. The molecule has 10 heteroatoms. The summed E-state index contributed by atoms with van der Waals surface area (Å²) in [6.07, 6.45) is 0.663. The Morgan fingerprint density at radius 3 is 2.45 bits per heavy atom. The van der Waals surface area contributed by atoms with Crippen LogP contribution in [0.5, 0.6) is 11.5 Å². The molecule has 2 heterocycles. The van der Waals surface area contributed by atoms with Crippen LogP contribution in [0.1, 0.15) is 34.1 Å². The first-order valence-corrected chi connectivity index (χ1v) is 10.3. The second kappa shape index (κ2) is 9.29. The van der Waals surface area contributed by atoms with E-state index in [1.807, 2.05) is 12.1 Å². The Hall–Kier alpha value is -3.92. The molecule has 0 saturated heterocycles. The summed E-state index contributed by atoms with van der Waals surface area (Å²) in [4.78, 5) is 25.7. The molecule has 0 saturated carbocycles. The Kier molecular flexibility index (Phi) is 6.27. The van der Waals surface area contributed by atoms with Gasteiger partial charge in [-0.25, -0.2) is 0 Å². The summed E-state index contributed by atoms with van der Waals surface area (Å²) in [5.74, 6) is 0.967. The van der Waals surface area contributed by atoms with Crippen molar-refractivity contribution in [3.8, 4) is 22.8 Å². The highest BCUT2D eigenvalue weighted by atomic mass is 16.6. The van der Waals surface area contributed by atoms with Crippen LogP contribution in [0.25, 0.3) is 11.3 Å². The molecule has 1 atom stereocenters. The normalized spacial score (nSPS) is 14.9. The third kappa shape index (κ3) is 4.00. The zero-order chi connectivity index (χ0) is 23.5. The van der Waals surface area contributed by atoms with Gasteiger partial charge in [-0.2, -0.15) is 5.10 Å². The van der Waals surface area contributed by atoms with E-state index >= 15 is 0 Å². The van der Waals surface area contributed by atoms with Gasteiger partial charge in [0.2, 0.25) is 0 Å². The molecule has 4 rings (SSSR count). The van der Waals surface area contributed by atoms with Gasteiger partial charge in [0.05, 0.1) is 30.9 Å². The molecule has 1 aliphatic heterocycles. The average molecular weight is 452 g/mol. The topological polar surface area (TPSA) is 120 Å². The van der Waals surface area contributed by atoms with Crippen LogP contribution in [0.4, 0.5) is 5.69 Å². The number of nitro groups is 1. The number of H-pyrrole nitrogens is 1. The molecular weight excluding hydrogens is 428 g/mol. The first-order chi connectivity index (χ1) is 16.0. The van der Waals surface area contributed by atoms with Gasteiger partial charge in [-0.15, -0.1) is 0 Å². The van der Waals surface area contributed by atoms with Gasteiger partial charge in [-0.05, 0) is 36.2 Å². The van der Waals surface area contributed by atoms with Crippen molar-refractivity contribution in [2.75, 3.05) is 34.5 Å². The molecule has 0 aliphatic carbocycles. The van der Waals surface area contributed by atoms with Crippen LogP contribution in [-0.4, -0.2) is 60.4 Å². The minimum absolute atomic E-state index is 0.0142. The lowest BCUT2D eigenvalue weighted by atomic mass is 9.95. The summed E-state index contributed by atoms with van der Waals surface area (Å²) >= 11 is 0. The van der Waals surface area contributed by atoms with Gasteiger partial charge in [0, 0.05) is 43.5 Å². The standard InChI is InChI=1S/C23H24N4O6/c1-31-12-4-11-26-22(15-7-10-17(32-2)18(13-15)33-3)19-20(24-25-21(19)23(26)28)14-5-8-16(9-6-14)27(29)30/h5-10,13,22H,4,11-12H2,1-3H3,(H,24,25). The zero-order valence-electron chi connectivity index (χ0n) is 18.5. The molecule has 2 aromatic carbocycles. The number of ether oxygens (including phenoxy) is 3. The van der Waals surface area contributed by atoms with E-state index in [9.17, 15) is 14.9 Å². The maximum absolute atomic E-state index is 13.3. The molecule has 1 N–H and O–H groups in total. The maximum atomic E-state index is 13.3. The van der Waals surface area contributed by atoms with Crippen LogP contribution >= 0.6 is 0 Å². The number of fused-ring (bicyclic) bond motifs is 1. The first kappa shape index (κ1) is 22.3. The van der Waals surface area contributed by atoms with Gasteiger partial charge in [-0.3, -0.25) is 20.0 Å². The molecular formula is C23H24N4O6. The van der Waals surface area contributed by atoms with E-state index in [0.29, 0.717) is 48.0 Å². The van der Waals surface area contributed by atoms with Gasteiger partial charge >= 0.3 is 0 Å². The summed E-state index contributed by atoms with van der Waals surface area (Å²) in [6, 6.07) is 11.2. The molecule has 0 fully saturated rings. The van der Waals surface area contributed by atoms with Crippen molar-refractivity contribution in [3.05, 3.63) is 69.4 Å². The molecule has 172 valence electrons. The van der Waals surface area contributed by atoms with Crippen LogP contribution in [0.2, 0.25) is 0 Å². The van der Waals surface area contributed by atoms with Crippen molar-refractivity contribution in [2.24, 2.45) is 0 Å². The molecule has 0 spiro atoms. The predicted molar refractivity (Wildman–Crippen MR) is 120 cm³/mol. The Labute approximate surface area is 190 Å². The second-order valence-electron chi connectivity index (χ2n) is 7.53. The summed E-state index contributed by atoms with van der Waals surface area (Å²) < 4.78 is 16.0. The predicted octanol–water partition coefficient (Wildman–Crippen LogP) is 3.58. The summed E-state index contributed by atoms with van der Waals surface area (Å²) in [5.41, 5.74) is 3.19. The first-order valence-electron chi connectivity index (χ1n) is 10.3. The minimum Gasteiger partial charge on any atom is -0.493 e. The fourth-order valence-electron chi connectivity index (χ4n) is 4.14. The van der Waals surface area contributed by atoms with Crippen molar-refractivity contribution in [1.29, 1.82) is 0 Å². The van der Waals surface area contributed by atoms with E-state index < -0.39 is 11.0 Å². The smallest absolute Gasteiger partial charge is 0.273 e. The highest BCUT2D eigenvalue weighted by Crippen LogP contribution is 2.44. The van der Waals surface area contributed by atoms with E-state index in [1.54, 1.807) is 44.4 Å². The van der Waals surface area contributed by atoms with Crippen LogP contribution in [0.15, 0.2) is 42.5 Å². The lowest BCUT2D eigenvalue weighted by Crippen LogP contribution is -2.31. The Morgan fingerprint density at radius 1 is 1.09 bits per heavy atom. The van der Waals surface area contributed by atoms with Crippen LogP contribution in [0, 0.1) is 10.1 Å². The number of nitrogens with zero attached hydrogens (tertiary/aromatic N) is 3. The molecule has 0 radical (unpaired) electrons. The zero-order valence-corrected chi connectivity index (χ0v) is 18.5. The third-order valence-electron chi connectivity index (χ3n) is 5.69. The molecule has 10 nitrogen and oxygen atoms in total. The number of carbonyl (C=O) groups is 1. The van der Waals surface area contributed by atoms with Gasteiger partial charge in [0.15, 0.2) is 11.5 Å². The fourth-order valence-corrected chi connectivity index (χ4v) is 4.14. The summed E-state index contributed by atoms with van der Waals surface area (Å²) in [6.45, 7) is 0.998. The number of aromatic nitrogens is 2. The quantitative estimate of drug-likeness (QED) is 0.299. The van der Waals surface area contributed by atoms with E-state index in [2.05, 4.69) is 10.2 Å². The van der Waals surface area contributed by atoms with Crippen molar-refractivity contribution in [3.63, 3.8) is 0 Å². The van der Waals surface area contributed by atoms with E-state index in [-0.39, 0.29) is 11.6 Å². The van der Waals surface area contributed by atoms with E-state index in [1.165, 1.54) is 12.1 Å². The Morgan fingerprint density at radius 2 is 1.82 bits per heavy atom. The number of hydrogen-bond acceptors (Lipinski definition) is 7. The summed E-state index contributed by atoms with van der Waals surface area (Å²) in [5, 5.41) is 18.3. The highest BCUT2D eigenvalue weighted by molar-refractivity contribution is 6.00. The number of rotatable bonds is 9. The highest BCUT2D eigenvalue weighted by Gasteiger charge is 2.42. The van der Waals surface area contributed by atoms with Gasteiger partial charge in [0.1, 0.15) is 5.69 Å². The number of hydrogen-bond donors (Lipinski definition) is 1. The van der Waals surface area contributed by atoms with E-state index in [4.69, 9.17) is 14.2 Å². The van der Waals surface area contributed by atoms with Crippen molar-refractivity contribution in [1.82, 2.24) is 15.1 Å². The Balaban J connectivity index is 1.82. The number of carbonyl (C=O) groups excluding carboxylic acids is 1. The molecule has 3 aromatic rings. The van der Waals surface area contributed by atoms with Crippen LogP contribution in [-0.2, 0) is 4.74 Å². The maximum Gasteiger partial charge on any atom is 0.273 e. The number of amides is 1. The number of aromatic amines is 1. The molecule has 1 aromatic heterocycles. The number of methoxy groups -OCH3 is 3. The molecule has 0 bridgehead atoms. The molecule has 1 unspecified atom stereocenters. The van der Waals surface area contributed by atoms with Crippen LogP contribution in [0.3, 0.4) is 0 Å². The SMILES string of the molecule is COCCCN1C(=O)c2[nH]nc(-c3ccc([N+](=O)[O-])cc3)c2C1c1ccc(OC)c(OC)c1. The largest absolute Gasteiger partial charge is 0.493 e. The van der Waals surface area contributed by atoms with Gasteiger partial charge in [0.25, 0.3) is 11.6 Å². The lowest BCUT2D eigenvalue weighted by Gasteiger charge is -2.27. The fraction of sp³-hybridized carbons (Fsp3) is 0.304. The minimum atomic E-state index is -0.452. The van der Waals surface area contributed by atoms with Crippen molar-refractivity contribution in [2.45, 2.75) is 12.5 Å². The molecule has 1 aliphatic rings. The summed E-state index contributed by atoms with van der Waals surface area (Å²) in [7, 11) is 4.74. The monoisotopic (exact) mass is 452 g/mol. The number of nitrogens with one attached hydrogen (secondary N) is 1. The number of non-ortho nitro benzene ring substituents is 1. The van der Waals surface area contributed by atoms with Gasteiger partial charge in [-0.1, -0.05) is 6.07 Å². The molecule has 33 heavy (non-hydrogen) atoms. The van der Waals surface area contributed by atoms with Crippen LogP contribution < -0.4 is 9.47 Å². The number of benzene rings is 2. The van der Waals surface area contributed by atoms with Crippen molar-refractivity contribution < 1.29 is 23.9 Å². The van der Waals surface area contributed by atoms with Crippen molar-refractivity contribution >= 4 is 11.6 Å². The lowest BCUT2D eigenvalue weighted by molar-refractivity contribution is -0.384. The van der Waals surface area contributed by atoms with Gasteiger partial charge < -0.3 is 19.1 Å². The molecule has 1 amide bonds. The Bertz CT molecular complexity index is 1170. The second-order valence-corrected chi connectivity index (χ2v) is 7.53.